The second-order valence-electron chi connectivity index (χ2n) is 6.97. The highest BCUT2D eigenvalue weighted by Crippen LogP contribution is 2.22. The lowest BCUT2D eigenvalue weighted by Crippen LogP contribution is -2.50. The zero-order valence-electron chi connectivity index (χ0n) is 14.5. The van der Waals surface area contributed by atoms with Gasteiger partial charge in [0.25, 0.3) is 0 Å². The number of anilines is 1. The van der Waals surface area contributed by atoms with Crippen LogP contribution in [0.2, 0.25) is 0 Å². The maximum atomic E-state index is 12.1. The third-order valence-electron chi connectivity index (χ3n) is 3.98. The minimum Gasteiger partial charge on any atom is -0.444 e. The first kappa shape index (κ1) is 16.4. The molecule has 0 bridgehead atoms. The first-order valence-corrected chi connectivity index (χ1v) is 8.25. The number of aromatic nitrogens is 2. The van der Waals surface area contributed by atoms with Gasteiger partial charge < -0.3 is 14.5 Å². The number of nitrogens with one attached hydrogen (secondary N) is 1. The Labute approximate surface area is 142 Å². The number of piperazine rings is 1. The third-order valence-corrected chi connectivity index (χ3v) is 3.98. The smallest absolute Gasteiger partial charge is 0.410 e. The molecular weight excluding hydrogens is 304 g/mol. The summed E-state index contributed by atoms with van der Waals surface area (Å²) >= 11 is 0. The molecule has 1 saturated heterocycles. The van der Waals surface area contributed by atoms with Gasteiger partial charge in [0.15, 0.2) is 0 Å². The fourth-order valence-electron chi connectivity index (χ4n) is 2.74. The van der Waals surface area contributed by atoms with Crippen LogP contribution in [0.1, 0.15) is 20.8 Å². The lowest BCUT2D eigenvalue weighted by Gasteiger charge is -2.36. The second kappa shape index (κ2) is 6.55. The molecule has 0 unspecified atom stereocenters. The summed E-state index contributed by atoms with van der Waals surface area (Å²) in [6, 6.07) is 10.3. The molecule has 1 N–H and O–H groups in total. The fourth-order valence-corrected chi connectivity index (χ4v) is 2.74. The number of rotatable bonds is 2. The molecule has 1 aliphatic rings. The van der Waals surface area contributed by atoms with Gasteiger partial charge in [0.2, 0.25) is 0 Å². The number of carbonyl (C=O) groups excluding carboxylic acids is 1. The van der Waals surface area contributed by atoms with Crippen molar-refractivity contribution < 1.29 is 9.53 Å². The molecule has 24 heavy (non-hydrogen) atoms. The number of hydrogen-bond donors (Lipinski definition) is 1. The Hall–Kier alpha value is -2.50. The van der Waals surface area contributed by atoms with Gasteiger partial charge in [0.05, 0.1) is 5.69 Å². The molecule has 1 aromatic carbocycles. The predicted molar refractivity (Wildman–Crippen MR) is 94.0 cm³/mol. The Kier molecular flexibility index (Phi) is 4.46. The number of aromatic amines is 1. The Morgan fingerprint density at radius 1 is 1.08 bits per heavy atom. The summed E-state index contributed by atoms with van der Waals surface area (Å²) in [7, 11) is 0. The van der Waals surface area contributed by atoms with Crippen molar-refractivity contribution in [2.45, 2.75) is 26.4 Å². The SMILES string of the molecule is CC(C)(C)OC(=O)N1CCN(c2ccc(-c3ccn[nH]3)cc2)CC1. The van der Waals surface area contributed by atoms with Crippen LogP contribution in [0.25, 0.3) is 11.3 Å². The minimum atomic E-state index is -0.448. The van der Waals surface area contributed by atoms with Crippen LogP contribution in [-0.2, 0) is 4.74 Å². The molecule has 0 radical (unpaired) electrons. The Bertz CT molecular complexity index is 666. The maximum Gasteiger partial charge on any atom is 0.410 e. The molecule has 0 atom stereocenters. The van der Waals surface area contributed by atoms with E-state index >= 15 is 0 Å². The highest BCUT2D eigenvalue weighted by molar-refractivity contribution is 5.69. The van der Waals surface area contributed by atoms with Crippen molar-refractivity contribution in [3.8, 4) is 11.3 Å². The Morgan fingerprint density at radius 3 is 2.29 bits per heavy atom. The van der Waals surface area contributed by atoms with E-state index in [0.717, 1.165) is 24.3 Å². The van der Waals surface area contributed by atoms with Crippen molar-refractivity contribution in [1.29, 1.82) is 0 Å². The molecule has 0 saturated carbocycles. The number of nitrogens with zero attached hydrogens (tertiary/aromatic N) is 3. The van der Waals surface area contributed by atoms with E-state index in [1.54, 1.807) is 11.1 Å². The van der Waals surface area contributed by atoms with E-state index < -0.39 is 5.60 Å². The topological polar surface area (TPSA) is 61.5 Å². The van der Waals surface area contributed by atoms with Gasteiger partial charge in [-0.15, -0.1) is 0 Å². The molecule has 128 valence electrons. The van der Waals surface area contributed by atoms with Crippen molar-refractivity contribution in [2.24, 2.45) is 0 Å². The van der Waals surface area contributed by atoms with Gasteiger partial charge in [-0.1, -0.05) is 12.1 Å². The zero-order chi connectivity index (χ0) is 17.2. The molecule has 3 rings (SSSR count). The van der Waals surface area contributed by atoms with Crippen molar-refractivity contribution in [3.05, 3.63) is 36.5 Å². The zero-order valence-corrected chi connectivity index (χ0v) is 14.5. The first-order valence-electron chi connectivity index (χ1n) is 8.25. The molecule has 0 spiro atoms. The van der Waals surface area contributed by atoms with Crippen molar-refractivity contribution in [2.75, 3.05) is 31.1 Å². The summed E-state index contributed by atoms with van der Waals surface area (Å²) in [6.45, 7) is 8.65. The summed E-state index contributed by atoms with van der Waals surface area (Å²) in [4.78, 5) is 16.2. The van der Waals surface area contributed by atoms with Gasteiger partial charge in [0, 0.05) is 38.1 Å². The molecular formula is C18H24N4O2. The molecule has 2 aromatic rings. The first-order chi connectivity index (χ1) is 11.4. The van der Waals surface area contributed by atoms with Crippen molar-refractivity contribution >= 4 is 11.8 Å². The van der Waals surface area contributed by atoms with Crippen LogP contribution in [0.15, 0.2) is 36.5 Å². The monoisotopic (exact) mass is 328 g/mol. The number of benzene rings is 1. The minimum absolute atomic E-state index is 0.225. The summed E-state index contributed by atoms with van der Waals surface area (Å²) in [5.74, 6) is 0. The van der Waals surface area contributed by atoms with Crippen LogP contribution in [-0.4, -0.2) is 53.0 Å². The second-order valence-corrected chi connectivity index (χ2v) is 6.97. The summed E-state index contributed by atoms with van der Waals surface area (Å²) in [5.41, 5.74) is 2.85. The average molecular weight is 328 g/mol. The predicted octanol–water partition coefficient (Wildman–Crippen LogP) is 3.13. The van der Waals surface area contributed by atoms with Gasteiger partial charge >= 0.3 is 6.09 Å². The average Bonchev–Trinajstić information content (AvgIpc) is 3.08. The highest BCUT2D eigenvalue weighted by atomic mass is 16.6. The summed E-state index contributed by atoms with van der Waals surface area (Å²) in [6.07, 6.45) is 1.52. The number of carbonyl (C=O) groups is 1. The van der Waals surface area contributed by atoms with Crippen LogP contribution >= 0.6 is 0 Å². The van der Waals surface area contributed by atoms with Crippen LogP contribution in [0, 0.1) is 0 Å². The van der Waals surface area contributed by atoms with Crippen LogP contribution < -0.4 is 4.90 Å². The van der Waals surface area contributed by atoms with E-state index in [-0.39, 0.29) is 6.09 Å². The third kappa shape index (κ3) is 3.88. The van der Waals surface area contributed by atoms with Crippen LogP contribution in [0.5, 0.6) is 0 Å². The summed E-state index contributed by atoms with van der Waals surface area (Å²) in [5, 5.41) is 6.94. The van der Waals surface area contributed by atoms with Crippen molar-refractivity contribution in [3.63, 3.8) is 0 Å². The molecule has 1 amide bonds. The van der Waals surface area contributed by atoms with Gasteiger partial charge in [0.1, 0.15) is 5.60 Å². The van der Waals surface area contributed by atoms with Gasteiger partial charge in [-0.2, -0.15) is 5.10 Å². The Morgan fingerprint density at radius 2 is 1.75 bits per heavy atom. The maximum absolute atomic E-state index is 12.1. The van der Waals surface area contributed by atoms with Gasteiger partial charge in [-0.05, 0) is 44.5 Å². The lowest BCUT2D eigenvalue weighted by molar-refractivity contribution is 0.0240. The number of hydrogen-bond acceptors (Lipinski definition) is 4. The summed E-state index contributed by atoms with van der Waals surface area (Å²) < 4.78 is 5.43. The number of amides is 1. The molecule has 1 fully saturated rings. The van der Waals surface area contributed by atoms with Crippen LogP contribution in [0.4, 0.5) is 10.5 Å². The Balaban J connectivity index is 1.58. The fraction of sp³-hybridized carbons (Fsp3) is 0.444. The standard InChI is InChI=1S/C18H24N4O2/c1-18(2,3)24-17(23)22-12-10-21(11-13-22)15-6-4-14(5-7-15)16-8-9-19-20-16/h4-9H,10-13H2,1-3H3,(H,19,20). The normalized spacial score (nSPS) is 15.5. The van der Waals surface area contributed by atoms with E-state index in [2.05, 4.69) is 39.4 Å². The van der Waals surface area contributed by atoms with E-state index in [1.807, 2.05) is 26.8 Å². The molecule has 1 aliphatic heterocycles. The lowest BCUT2D eigenvalue weighted by atomic mass is 10.1. The molecule has 1 aromatic heterocycles. The van der Waals surface area contributed by atoms with E-state index in [0.29, 0.717) is 13.1 Å². The van der Waals surface area contributed by atoms with E-state index in [9.17, 15) is 4.79 Å². The molecule has 0 aliphatic carbocycles. The highest BCUT2D eigenvalue weighted by Gasteiger charge is 2.25. The quantitative estimate of drug-likeness (QED) is 0.920. The van der Waals surface area contributed by atoms with Gasteiger partial charge in [-0.25, -0.2) is 4.79 Å². The number of ether oxygens (including phenoxy) is 1. The van der Waals surface area contributed by atoms with Gasteiger partial charge in [-0.3, -0.25) is 5.10 Å². The number of H-pyrrole nitrogens is 1. The molecule has 6 nitrogen and oxygen atoms in total. The molecule has 6 heteroatoms. The largest absolute Gasteiger partial charge is 0.444 e. The van der Waals surface area contributed by atoms with E-state index in [4.69, 9.17) is 4.74 Å². The van der Waals surface area contributed by atoms with E-state index in [1.165, 1.54) is 5.69 Å². The van der Waals surface area contributed by atoms with Crippen LogP contribution in [0.3, 0.4) is 0 Å². The van der Waals surface area contributed by atoms with Crippen molar-refractivity contribution in [1.82, 2.24) is 15.1 Å². The molecule has 2 heterocycles.